The van der Waals surface area contributed by atoms with Crippen LogP contribution < -0.4 is 5.32 Å². The van der Waals surface area contributed by atoms with E-state index in [0.29, 0.717) is 5.69 Å². The van der Waals surface area contributed by atoms with Gasteiger partial charge in [-0.25, -0.2) is 14.8 Å². The number of rotatable bonds is 4. The van der Waals surface area contributed by atoms with Crippen LogP contribution in [-0.2, 0) is 0 Å². The zero-order valence-electron chi connectivity index (χ0n) is 11.1. The monoisotopic (exact) mass is 274 g/mol. The normalized spacial score (nSPS) is 10.6. The van der Waals surface area contributed by atoms with Crippen LogP contribution in [0.3, 0.4) is 0 Å². The number of nitrogens with one attached hydrogen (secondary N) is 1. The summed E-state index contributed by atoms with van der Waals surface area (Å²) in [5, 5.41) is 11.5. The largest absolute Gasteiger partial charge is 0.476 e. The Morgan fingerprint density at radius 1 is 1.30 bits per heavy atom. The van der Waals surface area contributed by atoms with Crippen LogP contribution in [0, 0.1) is 0 Å². The molecule has 2 rings (SSSR count). The lowest BCUT2D eigenvalue weighted by Crippen LogP contribution is -2.20. The molecular formula is C13H14N4O3. The van der Waals surface area contributed by atoms with Crippen molar-refractivity contribution in [2.45, 2.75) is 19.9 Å². The molecule has 0 atom stereocenters. The number of hydrogen-bond acceptors (Lipinski definition) is 4. The van der Waals surface area contributed by atoms with Gasteiger partial charge in [-0.3, -0.25) is 4.79 Å². The summed E-state index contributed by atoms with van der Waals surface area (Å²) in [5.41, 5.74) is 0.144. The first-order valence-corrected chi connectivity index (χ1v) is 6.03. The molecule has 0 saturated carbocycles. The molecule has 0 spiro atoms. The summed E-state index contributed by atoms with van der Waals surface area (Å²) in [7, 11) is 0. The minimum absolute atomic E-state index is 0.0680. The SMILES string of the molecule is CC(C)n1cccc1C(=O)Nc1nccnc1C(=O)O. The Morgan fingerprint density at radius 3 is 2.65 bits per heavy atom. The van der Waals surface area contributed by atoms with Gasteiger partial charge in [0.2, 0.25) is 0 Å². The van der Waals surface area contributed by atoms with Gasteiger partial charge in [0.25, 0.3) is 5.91 Å². The maximum absolute atomic E-state index is 12.2. The lowest BCUT2D eigenvalue weighted by Gasteiger charge is -2.12. The second kappa shape index (κ2) is 5.52. The second-order valence-corrected chi connectivity index (χ2v) is 4.41. The van der Waals surface area contributed by atoms with E-state index in [2.05, 4.69) is 15.3 Å². The highest BCUT2D eigenvalue weighted by molar-refractivity contribution is 6.05. The maximum atomic E-state index is 12.2. The first-order valence-electron chi connectivity index (χ1n) is 6.03. The zero-order chi connectivity index (χ0) is 14.7. The van der Waals surface area contributed by atoms with Gasteiger partial charge in [0.15, 0.2) is 11.5 Å². The molecular weight excluding hydrogens is 260 g/mol. The van der Waals surface area contributed by atoms with Gasteiger partial charge in [-0.1, -0.05) is 0 Å². The number of carboxylic acids is 1. The first kappa shape index (κ1) is 13.7. The Morgan fingerprint density at radius 2 is 2.00 bits per heavy atom. The molecule has 0 saturated heterocycles. The Bertz CT molecular complexity index is 649. The summed E-state index contributed by atoms with van der Waals surface area (Å²) >= 11 is 0. The van der Waals surface area contributed by atoms with Crippen LogP contribution in [0.4, 0.5) is 5.82 Å². The third kappa shape index (κ3) is 2.66. The lowest BCUT2D eigenvalue weighted by atomic mass is 10.3. The Balaban J connectivity index is 2.29. The molecule has 20 heavy (non-hydrogen) atoms. The molecule has 0 aliphatic rings. The molecule has 7 nitrogen and oxygen atoms in total. The number of aromatic carboxylic acids is 1. The molecule has 2 heterocycles. The molecule has 0 fully saturated rings. The van der Waals surface area contributed by atoms with Crippen LogP contribution in [0.5, 0.6) is 0 Å². The van der Waals surface area contributed by atoms with Gasteiger partial charge in [0.05, 0.1) is 0 Å². The van der Waals surface area contributed by atoms with E-state index in [1.54, 1.807) is 22.9 Å². The van der Waals surface area contributed by atoms with Crippen molar-refractivity contribution in [2.75, 3.05) is 5.32 Å². The molecule has 2 N–H and O–H groups in total. The van der Waals surface area contributed by atoms with Gasteiger partial charge in [0.1, 0.15) is 5.69 Å². The average molecular weight is 274 g/mol. The highest BCUT2D eigenvalue weighted by Crippen LogP contribution is 2.14. The predicted octanol–water partition coefficient (Wildman–Crippen LogP) is 1.81. The molecule has 7 heteroatoms. The number of hydrogen-bond donors (Lipinski definition) is 2. The number of carbonyl (C=O) groups excluding carboxylic acids is 1. The quantitative estimate of drug-likeness (QED) is 0.886. The van der Waals surface area contributed by atoms with E-state index in [-0.39, 0.29) is 17.6 Å². The first-order chi connectivity index (χ1) is 9.50. The molecule has 0 unspecified atom stereocenters. The third-order valence-electron chi connectivity index (χ3n) is 2.70. The Kier molecular flexibility index (Phi) is 3.79. The smallest absolute Gasteiger partial charge is 0.358 e. The fourth-order valence-corrected chi connectivity index (χ4v) is 1.79. The van der Waals surface area contributed by atoms with Gasteiger partial charge in [-0.2, -0.15) is 0 Å². The van der Waals surface area contributed by atoms with Crippen molar-refractivity contribution in [3.63, 3.8) is 0 Å². The predicted molar refractivity (Wildman–Crippen MR) is 71.8 cm³/mol. The van der Waals surface area contributed by atoms with Crippen LogP contribution in [0.1, 0.15) is 40.9 Å². The summed E-state index contributed by atoms with van der Waals surface area (Å²) in [5.74, 6) is -1.74. The minimum Gasteiger partial charge on any atom is -0.476 e. The van der Waals surface area contributed by atoms with E-state index < -0.39 is 11.9 Å². The van der Waals surface area contributed by atoms with Crippen LogP contribution in [0.25, 0.3) is 0 Å². The molecule has 1 amide bonds. The summed E-state index contributed by atoms with van der Waals surface area (Å²) in [4.78, 5) is 30.7. The minimum atomic E-state index is -1.24. The topological polar surface area (TPSA) is 97.1 Å². The molecule has 2 aromatic rings. The molecule has 0 aliphatic heterocycles. The van der Waals surface area contributed by atoms with Crippen LogP contribution in [0.2, 0.25) is 0 Å². The van der Waals surface area contributed by atoms with Gasteiger partial charge in [-0.05, 0) is 26.0 Å². The molecule has 0 aromatic carbocycles. The maximum Gasteiger partial charge on any atom is 0.358 e. The number of carbonyl (C=O) groups is 2. The number of aromatic nitrogens is 3. The molecule has 2 aromatic heterocycles. The average Bonchev–Trinajstić information content (AvgIpc) is 2.88. The van der Waals surface area contributed by atoms with E-state index >= 15 is 0 Å². The van der Waals surface area contributed by atoms with Gasteiger partial charge in [-0.15, -0.1) is 0 Å². The van der Waals surface area contributed by atoms with Crippen LogP contribution in [-0.4, -0.2) is 31.5 Å². The fraction of sp³-hybridized carbons (Fsp3) is 0.231. The van der Waals surface area contributed by atoms with E-state index in [0.717, 1.165) is 0 Å². The number of amides is 1. The number of nitrogens with zero attached hydrogens (tertiary/aromatic N) is 3. The molecule has 0 radical (unpaired) electrons. The molecule has 104 valence electrons. The highest BCUT2D eigenvalue weighted by atomic mass is 16.4. The van der Waals surface area contributed by atoms with E-state index in [1.165, 1.54) is 12.4 Å². The van der Waals surface area contributed by atoms with E-state index in [4.69, 9.17) is 5.11 Å². The standard InChI is InChI=1S/C13H14N4O3/c1-8(2)17-7-3-4-9(17)12(18)16-11-10(13(19)20)14-5-6-15-11/h3-8H,1-2H3,(H,19,20)(H,15,16,18). The van der Waals surface area contributed by atoms with Crippen molar-refractivity contribution in [3.05, 3.63) is 42.1 Å². The Labute approximate surface area is 115 Å². The van der Waals surface area contributed by atoms with Crippen LogP contribution >= 0.6 is 0 Å². The van der Waals surface area contributed by atoms with Crippen molar-refractivity contribution in [2.24, 2.45) is 0 Å². The Hall–Kier alpha value is -2.70. The summed E-state index contributed by atoms with van der Waals surface area (Å²) in [6, 6.07) is 3.53. The van der Waals surface area contributed by atoms with Crippen molar-refractivity contribution in [3.8, 4) is 0 Å². The zero-order valence-corrected chi connectivity index (χ0v) is 11.1. The van der Waals surface area contributed by atoms with Crippen molar-refractivity contribution in [1.82, 2.24) is 14.5 Å². The summed E-state index contributed by atoms with van der Waals surface area (Å²) in [6.45, 7) is 3.89. The third-order valence-corrected chi connectivity index (χ3v) is 2.70. The van der Waals surface area contributed by atoms with E-state index in [1.807, 2.05) is 13.8 Å². The second-order valence-electron chi connectivity index (χ2n) is 4.41. The summed E-state index contributed by atoms with van der Waals surface area (Å²) in [6.07, 6.45) is 4.37. The van der Waals surface area contributed by atoms with Gasteiger partial charge in [0, 0.05) is 24.6 Å². The van der Waals surface area contributed by atoms with Crippen molar-refractivity contribution < 1.29 is 14.7 Å². The van der Waals surface area contributed by atoms with Gasteiger partial charge < -0.3 is 15.0 Å². The van der Waals surface area contributed by atoms with Crippen molar-refractivity contribution in [1.29, 1.82) is 0 Å². The van der Waals surface area contributed by atoms with Gasteiger partial charge >= 0.3 is 5.97 Å². The lowest BCUT2D eigenvalue weighted by molar-refractivity contribution is 0.0691. The number of carboxylic acid groups (broad SMARTS) is 1. The van der Waals surface area contributed by atoms with E-state index in [9.17, 15) is 9.59 Å². The number of anilines is 1. The fourth-order valence-electron chi connectivity index (χ4n) is 1.79. The highest BCUT2D eigenvalue weighted by Gasteiger charge is 2.18. The molecule has 0 bridgehead atoms. The van der Waals surface area contributed by atoms with Crippen molar-refractivity contribution >= 4 is 17.7 Å². The summed E-state index contributed by atoms with van der Waals surface area (Å²) < 4.78 is 1.78. The molecule has 0 aliphatic carbocycles. The van der Waals surface area contributed by atoms with Crippen LogP contribution in [0.15, 0.2) is 30.7 Å².